The van der Waals surface area contributed by atoms with Crippen LogP contribution in [0.1, 0.15) is 297 Å². The first-order valence-electron chi connectivity index (χ1n) is 31.2. The number of esters is 4. The van der Waals surface area contributed by atoms with Crippen LogP contribution >= 0.6 is 0 Å². The first kappa shape index (κ1) is 69.0. The number of carbonyl (C=O) groups excluding carboxylic acids is 4. The molecule has 10 nitrogen and oxygen atoms in total. The van der Waals surface area contributed by atoms with Crippen LogP contribution in [-0.2, 0) is 42.9 Å². The van der Waals surface area contributed by atoms with E-state index in [4.69, 9.17) is 23.7 Å². The van der Waals surface area contributed by atoms with Gasteiger partial charge in [-0.2, -0.15) is 0 Å². The van der Waals surface area contributed by atoms with Crippen LogP contribution in [-0.4, -0.2) is 80.6 Å². The largest absolute Gasteiger partial charge is 0.463 e. The summed E-state index contributed by atoms with van der Waals surface area (Å²) in [7, 11) is 3.76. The van der Waals surface area contributed by atoms with Crippen molar-refractivity contribution in [2.24, 2.45) is 0 Å². The maximum absolute atomic E-state index is 13.5. The monoisotopic (exact) mass is 1040 g/mol. The number of hydrogen-bond acceptors (Lipinski definition) is 10. The first-order valence-corrected chi connectivity index (χ1v) is 31.2. The predicted octanol–water partition coefficient (Wildman–Crippen LogP) is 17.7. The third kappa shape index (κ3) is 43.2. The minimum atomic E-state index is -1.30. The number of rotatable bonds is 53. The standard InChI is InChI=1S/C64H115NO9/c1-6-9-12-15-18-21-24-27-30-33-36-39-42-45-48-51-59(67)72-62-57(56-70-58(66)54-55-65(4)5)71-64(74-61(69)53-50-47-44-41-38-35-32-29-26-23-20-17-14-11-8-3)63(62)73-60(68)52-49-46-43-40-37-34-31-28-25-22-19-16-13-10-7-2/h27-32,57,62-64H,6-26,33-56H2,1-5H3/b30-27-,31-28-,32-29-/t57-,62?,63+,64+/m1/s1. The second kappa shape index (κ2) is 52.1. The summed E-state index contributed by atoms with van der Waals surface area (Å²) in [6, 6.07) is 0. The molecule has 1 fully saturated rings. The zero-order chi connectivity index (χ0) is 53.8. The first-order chi connectivity index (χ1) is 36.2. The summed E-state index contributed by atoms with van der Waals surface area (Å²) in [6.45, 7) is 7.04. The van der Waals surface area contributed by atoms with Crippen LogP contribution in [0.2, 0.25) is 0 Å². The zero-order valence-corrected chi connectivity index (χ0v) is 48.7. The second-order valence-corrected chi connectivity index (χ2v) is 21.7. The van der Waals surface area contributed by atoms with Gasteiger partial charge < -0.3 is 28.6 Å². The molecule has 0 spiro atoms. The number of hydrogen-bond donors (Lipinski definition) is 0. The van der Waals surface area contributed by atoms with Crippen LogP contribution in [0.3, 0.4) is 0 Å². The summed E-state index contributed by atoms with van der Waals surface area (Å²) in [5.41, 5.74) is 0. The molecule has 0 saturated carbocycles. The van der Waals surface area contributed by atoms with Gasteiger partial charge in [0.05, 0.1) is 6.42 Å². The molecule has 0 aromatic heterocycles. The van der Waals surface area contributed by atoms with Gasteiger partial charge in [-0.25, -0.2) is 0 Å². The Hall–Kier alpha value is -2.98. The molecule has 0 aromatic rings. The highest BCUT2D eigenvalue weighted by molar-refractivity contribution is 5.72. The Labute approximate surface area is 455 Å². The number of allylic oxidation sites excluding steroid dienone is 6. The van der Waals surface area contributed by atoms with Crippen molar-refractivity contribution in [2.45, 2.75) is 321 Å². The van der Waals surface area contributed by atoms with Gasteiger partial charge in [-0.05, 0) is 110 Å². The fourth-order valence-corrected chi connectivity index (χ4v) is 9.38. The molecule has 10 heteroatoms. The smallest absolute Gasteiger partial charge is 0.308 e. The Balaban J connectivity index is 2.80. The van der Waals surface area contributed by atoms with Crippen molar-refractivity contribution in [1.82, 2.24) is 4.90 Å². The molecule has 1 aliphatic heterocycles. The van der Waals surface area contributed by atoms with Crippen molar-refractivity contribution in [3.63, 3.8) is 0 Å². The molecule has 0 amide bonds. The summed E-state index contributed by atoms with van der Waals surface area (Å²) < 4.78 is 29.9. The van der Waals surface area contributed by atoms with E-state index in [0.29, 0.717) is 25.8 Å². The molecular weight excluding hydrogens is 927 g/mol. The highest BCUT2D eigenvalue weighted by Gasteiger charge is 2.52. The topological polar surface area (TPSA) is 118 Å². The molecule has 4 atom stereocenters. The average Bonchev–Trinajstić information content (AvgIpc) is 3.69. The quantitative estimate of drug-likeness (QED) is 0.0252. The number of ether oxygens (including phenoxy) is 5. The average molecular weight is 1040 g/mol. The van der Waals surface area contributed by atoms with Gasteiger partial charge in [0.25, 0.3) is 0 Å². The number of carbonyl (C=O) groups is 4. The van der Waals surface area contributed by atoms with Crippen LogP contribution in [0.4, 0.5) is 0 Å². The van der Waals surface area contributed by atoms with E-state index >= 15 is 0 Å². The van der Waals surface area contributed by atoms with Gasteiger partial charge in [-0.15, -0.1) is 0 Å². The van der Waals surface area contributed by atoms with Crippen LogP contribution in [0.25, 0.3) is 0 Å². The van der Waals surface area contributed by atoms with Crippen molar-refractivity contribution < 1.29 is 42.9 Å². The highest BCUT2D eigenvalue weighted by Crippen LogP contribution is 2.30. The van der Waals surface area contributed by atoms with Crippen molar-refractivity contribution in [3.05, 3.63) is 36.5 Å². The van der Waals surface area contributed by atoms with E-state index in [1.54, 1.807) is 0 Å². The summed E-state index contributed by atoms with van der Waals surface area (Å²) >= 11 is 0. The second-order valence-electron chi connectivity index (χ2n) is 21.7. The molecular formula is C64H115NO9. The lowest BCUT2D eigenvalue weighted by Gasteiger charge is -2.24. The molecule has 1 aliphatic rings. The van der Waals surface area contributed by atoms with E-state index in [1.807, 2.05) is 19.0 Å². The van der Waals surface area contributed by atoms with E-state index in [9.17, 15) is 19.2 Å². The van der Waals surface area contributed by atoms with E-state index in [-0.39, 0.29) is 32.3 Å². The molecule has 74 heavy (non-hydrogen) atoms. The Bertz CT molecular complexity index is 1410. The van der Waals surface area contributed by atoms with Gasteiger partial charge in [0, 0.05) is 25.8 Å². The van der Waals surface area contributed by atoms with Crippen LogP contribution in [0.15, 0.2) is 36.5 Å². The highest BCUT2D eigenvalue weighted by atomic mass is 16.8. The van der Waals surface area contributed by atoms with E-state index in [1.165, 1.54) is 135 Å². The molecule has 0 N–H and O–H groups in total. The lowest BCUT2D eigenvalue weighted by atomic mass is 10.1. The van der Waals surface area contributed by atoms with Gasteiger partial charge in [0.2, 0.25) is 12.4 Å². The maximum atomic E-state index is 13.5. The van der Waals surface area contributed by atoms with Crippen LogP contribution in [0.5, 0.6) is 0 Å². The summed E-state index contributed by atoms with van der Waals surface area (Å²) in [4.78, 5) is 55.0. The summed E-state index contributed by atoms with van der Waals surface area (Å²) in [5, 5.41) is 0. The molecule has 430 valence electrons. The molecule has 1 rings (SSSR count). The Morgan fingerprint density at radius 3 is 1.00 bits per heavy atom. The normalized spacial score (nSPS) is 16.8. The fraction of sp³-hybridized carbons (Fsp3) is 0.844. The Morgan fingerprint density at radius 2 is 0.662 bits per heavy atom. The summed E-state index contributed by atoms with van der Waals surface area (Å²) in [6.07, 6.45) is 55.1. The van der Waals surface area contributed by atoms with Crippen molar-refractivity contribution in [1.29, 1.82) is 0 Å². The molecule has 0 aliphatic carbocycles. The van der Waals surface area contributed by atoms with Crippen molar-refractivity contribution >= 4 is 23.9 Å². The Kier molecular flexibility index (Phi) is 48.6. The minimum Gasteiger partial charge on any atom is -0.463 e. The predicted molar refractivity (Wildman–Crippen MR) is 307 cm³/mol. The molecule has 0 radical (unpaired) electrons. The minimum absolute atomic E-state index is 0.169. The van der Waals surface area contributed by atoms with Gasteiger partial charge >= 0.3 is 23.9 Å². The van der Waals surface area contributed by atoms with Crippen LogP contribution < -0.4 is 0 Å². The number of unbranched alkanes of at least 4 members (excludes halogenated alkanes) is 33. The SMILES string of the molecule is CCCCCCCC/C=C\CCCCCCCC(=O)OC1[C@@H](COC(=O)CCN(C)C)O[C@@H](OC(=O)CCCCCCC/C=C\CCCCCCCC)[C@H]1OC(=O)CCCCCCC/C=C\CCCCCCCC. The molecule has 1 saturated heterocycles. The molecule has 1 unspecified atom stereocenters. The van der Waals surface area contributed by atoms with E-state index < -0.39 is 48.5 Å². The molecule has 0 aromatic carbocycles. The van der Waals surface area contributed by atoms with E-state index in [0.717, 1.165) is 96.3 Å². The lowest BCUT2D eigenvalue weighted by Crippen LogP contribution is -2.42. The van der Waals surface area contributed by atoms with Crippen molar-refractivity contribution in [2.75, 3.05) is 27.2 Å². The Morgan fingerprint density at radius 1 is 0.365 bits per heavy atom. The van der Waals surface area contributed by atoms with Gasteiger partial charge in [0.15, 0.2) is 6.10 Å². The van der Waals surface area contributed by atoms with Gasteiger partial charge in [-0.1, -0.05) is 211 Å². The third-order valence-corrected chi connectivity index (χ3v) is 14.1. The number of nitrogens with zero attached hydrogens (tertiary/aromatic N) is 1. The fourth-order valence-electron chi connectivity index (χ4n) is 9.38. The zero-order valence-electron chi connectivity index (χ0n) is 48.7. The van der Waals surface area contributed by atoms with Crippen LogP contribution in [0, 0.1) is 0 Å². The van der Waals surface area contributed by atoms with Crippen molar-refractivity contribution in [3.8, 4) is 0 Å². The third-order valence-electron chi connectivity index (χ3n) is 14.1. The van der Waals surface area contributed by atoms with Gasteiger partial charge in [0.1, 0.15) is 12.7 Å². The maximum Gasteiger partial charge on any atom is 0.308 e. The summed E-state index contributed by atoms with van der Waals surface area (Å²) in [5.74, 6) is -1.80. The molecule has 1 heterocycles. The lowest BCUT2D eigenvalue weighted by molar-refractivity contribution is -0.200. The van der Waals surface area contributed by atoms with Gasteiger partial charge in [-0.3, -0.25) is 19.2 Å². The molecule has 0 bridgehead atoms. The van der Waals surface area contributed by atoms with E-state index in [2.05, 4.69) is 57.2 Å².